The van der Waals surface area contributed by atoms with Gasteiger partial charge < -0.3 is 5.32 Å². The second-order valence-electron chi connectivity index (χ2n) is 7.13. The van der Waals surface area contributed by atoms with Crippen LogP contribution in [0, 0.1) is 13.8 Å². The van der Waals surface area contributed by atoms with Gasteiger partial charge in [0, 0.05) is 10.7 Å². The Hall–Kier alpha value is -3.01. The van der Waals surface area contributed by atoms with E-state index < -0.39 is 9.84 Å². The maximum atomic E-state index is 13.3. The number of aromatic nitrogens is 4. The zero-order valence-corrected chi connectivity index (χ0v) is 18.9. The van der Waals surface area contributed by atoms with E-state index in [1.165, 1.54) is 15.9 Å². The first-order chi connectivity index (χ1) is 14.8. The molecular weight excluding hydrogens is 454 g/mol. The molecule has 2 aromatic carbocycles. The molecule has 31 heavy (non-hydrogen) atoms. The van der Waals surface area contributed by atoms with Crippen LogP contribution in [0.25, 0.3) is 15.9 Å². The summed E-state index contributed by atoms with van der Waals surface area (Å²) >= 11 is 7.73. The average molecular weight is 470 g/mol. The number of halogens is 1. The van der Waals surface area contributed by atoms with Gasteiger partial charge in [-0.1, -0.05) is 40.6 Å². The number of benzene rings is 2. The van der Waals surface area contributed by atoms with E-state index in [-0.39, 0.29) is 15.6 Å². The third-order valence-corrected chi connectivity index (χ3v) is 7.93. The number of hydrogen-bond donors (Lipinski definition) is 1. The van der Waals surface area contributed by atoms with Gasteiger partial charge in [-0.15, -0.1) is 16.4 Å². The van der Waals surface area contributed by atoms with Crippen LogP contribution >= 0.6 is 22.9 Å². The zero-order valence-electron chi connectivity index (χ0n) is 16.5. The molecule has 3 heterocycles. The van der Waals surface area contributed by atoms with Gasteiger partial charge in [-0.25, -0.2) is 13.4 Å². The smallest absolute Gasteiger partial charge is 0.229 e. The van der Waals surface area contributed by atoms with Crippen molar-refractivity contribution in [3.63, 3.8) is 0 Å². The zero-order chi connectivity index (χ0) is 21.8. The predicted octanol–water partition coefficient (Wildman–Crippen LogP) is 5.19. The molecule has 5 rings (SSSR count). The topological polar surface area (TPSA) is 89.2 Å². The van der Waals surface area contributed by atoms with Crippen LogP contribution in [0.3, 0.4) is 0 Å². The minimum Gasteiger partial charge on any atom is -0.339 e. The van der Waals surface area contributed by atoms with E-state index in [2.05, 4.69) is 20.6 Å². The summed E-state index contributed by atoms with van der Waals surface area (Å²) in [5.74, 6) is 0.514. The fourth-order valence-electron chi connectivity index (χ4n) is 3.22. The first-order valence-corrected chi connectivity index (χ1v) is 12.1. The number of nitrogens with one attached hydrogen (secondary N) is 1. The lowest BCUT2D eigenvalue weighted by Gasteiger charge is -2.09. The first-order valence-electron chi connectivity index (χ1n) is 9.32. The number of fused-ring (bicyclic) bond motifs is 3. The molecule has 0 radical (unpaired) electrons. The van der Waals surface area contributed by atoms with Gasteiger partial charge in [-0.05, 0) is 55.1 Å². The molecule has 0 atom stereocenters. The largest absolute Gasteiger partial charge is 0.339 e. The van der Waals surface area contributed by atoms with Crippen molar-refractivity contribution in [2.45, 2.75) is 23.8 Å². The van der Waals surface area contributed by atoms with Gasteiger partial charge in [-0.2, -0.15) is 4.52 Å². The van der Waals surface area contributed by atoms with Gasteiger partial charge in [0.1, 0.15) is 0 Å². The second kappa shape index (κ2) is 7.30. The molecule has 0 aliphatic rings. The van der Waals surface area contributed by atoms with E-state index in [1.54, 1.807) is 30.3 Å². The molecule has 7 nitrogen and oxygen atoms in total. The number of sulfone groups is 1. The van der Waals surface area contributed by atoms with E-state index in [1.807, 2.05) is 37.4 Å². The van der Waals surface area contributed by atoms with Crippen LogP contribution in [-0.2, 0) is 9.84 Å². The van der Waals surface area contributed by atoms with Gasteiger partial charge in [0.2, 0.25) is 14.9 Å². The predicted molar refractivity (Wildman–Crippen MR) is 122 cm³/mol. The summed E-state index contributed by atoms with van der Waals surface area (Å²) in [5, 5.41) is 13.7. The molecule has 0 bridgehead atoms. The molecule has 0 aliphatic carbocycles. The highest BCUT2D eigenvalue weighted by Gasteiger charge is 2.27. The van der Waals surface area contributed by atoms with E-state index in [0.717, 1.165) is 21.5 Å². The number of hydrogen-bond acceptors (Lipinski definition) is 7. The summed E-state index contributed by atoms with van der Waals surface area (Å²) in [5.41, 5.74) is 3.55. The van der Waals surface area contributed by atoms with Gasteiger partial charge in [0.25, 0.3) is 0 Å². The Morgan fingerprint density at radius 1 is 1.06 bits per heavy atom. The molecule has 156 valence electrons. The highest BCUT2D eigenvalue weighted by Crippen LogP contribution is 2.33. The number of aryl methyl sites for hydroxylation is 2. The van der Waals surface area contributed by atoms with Crippen molar-refractivity contribution in [3.05, 3.63) is 70.1 Å². The molecule has 10 heteroatoms. The standard InChI is InChI=1S/C21H16ClN5O2S2/c1-12-3-7-15(8-4-12)31(28,29)21-20-24-19(23-14-6-5-13(2)16(22)11-14)18-17(9-10-30-18)27(20)26-25-21/h3-11H,1-2H3,(H,23,24). The molecular formula is C21H16ClN5O2S2. The number of rotatable bonds is 4. The maximum absolute atomic E-state index is 13.3. The molecule has 5 aromatic rings. The monoisotopic (exact) mass is 469 g/mol. The van der Waals surface area contributed by atoms with Crippen LogP contribution in [0.4, 0.5) is 11.5 Å². The summed E-state index contributed by atoms with van der Waals surface area (Å²) in [6, 6.07) is 14.1. The Labute approximate surface area is 187 Å². The summed E-state index contributed by atoms with van der Waals surface area (Å²) < 4.78 is 28.8. The highest BCUT2D eigenvalue weighted by molar-refractivity contribution is 7.91. The Morgan fingerprint density at radius 2 is 1.84 bits per heavy atom. The Bertz CT molecular complexity index is 1560. The third kappa shape index (κ3) is 3.34. The molecule has 0 unspecified atom stereocenters. The van der Waals surface area contributed by atoms with Crippen molar-refractivity contribution in [1.29, 1.82) is 0 Å². The van der Waals surface area contributed by atoms with Crippen molar-refractivity contribution in [3.8, 4) is 0 Å². The second-order valence-corrected chi connectivity index (χ2v) is 10.3. The number of nitrogens with zero attached hydrogens (tertiary/aromatic N) is 4. The lowest BCUT2D eigenvalue weighted by atomic mass is 10.2. The van der Waals surface area contributed by atoms with Crippen LogP contribution in [0.1, 0.15) is 11.1 Å². The third-order valence-electron chi connectivity index (χ3n) is 4.94. The van der Waals surface area contributed by atoms with Crippen LogP contribution in [0.15, 0.2) is 63.8 Å². The Balaban J connectivity index is 1.70. The molecule has 3 aromatic heterocycles. The van der Waals surface area contributed by atoms with Gasteiger partial charge in [0.05, 0.1) is 15.1 Å². The van der Waals surface area contributed by atoms with Crippen molar-refractivity contribution >= 4 is 60.1 Å². The van der Waals surface area contributed by atoms with Gasteiger partial charge in [-0.3, -0.25) is 0 Å². The summed E-state index contributed by atoms with van der Waals surface area (Å²) in [6.07, 6.45) is 0. The average Bonchev–Trinajstić information content (AvgIpc) is 3.38. The van der Waals surface area contributed by atoms with Crippen molar-refractivity contribution < 1.29 is 8.42 Å². The molecule has 0 fully saturated rings. The minimum atomic E-state index is -3.90. The van der Waals surface area contributed by atoms with Gasteiger partial charge >= 0.3 is 0 Å². The maximum Gasteiger partial charge on any atom is 0.229 e. The Morgan fingerprint density at radius 3 is 2.58 bits per heavy atom. The minimum absolute atomic E-state index is 0.146. The highest BCUT2D eigenvalue weighted by atomic mass is 35.5. The lowest BCUT2D eigenvalue weighted by Crippen LogP contribution is -2.05. The lowest BCUT2D eigenvalue weighted by molar-refractivity contribution is 0.592. The summed E-state index contributed by atoms with van der Waals surface area (Å²) in [6.45, 7) is 3.82. The van der Waals surface area contributed by atoms with E-state index in [9.17, 15) is 8.42 Å². The molecule has 0 saturated carbocycles. The van der Waals surface area contributed by atoms with E-state index in [4.69, 9.17) is 11.6 Å². The molecule has 1 N–H and O–H groups in total. The van der Waals surface area contributed by atoms with E-state index >= 15 is 0 Å². The molecule has 0 aliphatic heterocycles. The van der Waals surface area contributed by atoms with Crippen LogP contribution in [0.5, 0.6) is 0 Å². The van der Waals surface area contributed by atoms with Crippen LogP contribution < -0.4 is 5.32 Å². The normalized spacial score (nSPS) is 12.0. The molecule has 0 spiro atoms. The van der Waals surface area contributed by atoms with E-state index in [0.29, 0.717) is 16.4 Å². The Kier molecular flexibility index (Phi) is 4.69. The fourth-order valence-corrected chi connectivity index (χ4v) is 5.45. The van der Waals surface area contributed by atoms with Crippen LogP contribution in [-0.4, -0.2) is 28.2 Å². The van der Waals surface area contributed by atoms with Gasteiger partial charge in [0.15, 0.2) is 11.5 Å². The summed E-state index contributed by atoms with van der Waals surface area (Å²) in [7, 11) is -3.90. The first kappa shape index (κ1) is 19.9. The fraction of sp³-hybridized carbons (Fsp3) is 0.0952. The number of thiophene rings is 1. The molecule has 0 saturated heterocycles. The number of anilines is 2. The quantitative estimate of drug-likeness (QED) is 0.390. The van der Waals surface area contributed by atoms with Crippen molar-refractivity contribution in [1.82, 2.24) is 19.8 Å². The van der Waals surface area contributed by atoms with Crippen LogP contribution in [0.2, 0.25) is 5.02 Å². The van der Waals surface area contributed by atoms with Crippen molar-refractivity contribution in [2.75, 3.05) is 5.32 Å². The van der Waals surface area contributed by atoms with Crippen molar-refractivity contribution in [2.24, 2.45) is 0 Å². The summed E-state index contributed by atoms with van der Waals surface area (Å²) in [4.78, 5) is 4.75. The molecule has 0 amide bonds. The SMILES string of the molecule is Cc1ccc(S(=O)(=O)c2nnn3c2nc(Nc2ccc(C)c(Cl)c2)c2sccc23)cc1.